The van der Waals surface area contributed by atoms with E-state index in [2.05, 4.69) is 18.7 Å². The van der Waals surface area contributed by atoms with Crippen LogP contribution >= 0.6 is 0 Å². The van der Waals surface area contributed by atoms with Crippen LogP contribution in [-0.2, 0) is 0 Å². The van der Waals surface area contributed by atoms with Crippen molar-refractivity contribution in [3.63, 3.8) is 0 Å². The van der Waals surface area contributed by atoms with Gasteiger partial charge in [0, 0.05) is 18.5 Å². The van der Waals surface area contributed by atoms with Gasteiger partial charge in [0.1, 0.15) is 5.82 Å². The SMILES string of the molecule is CCCCN(CC)CCC(=O)c1ccc(C)c(F)c1. The molecule has 2 nitrogen and oxygen atoms in total. The van der Waals surface area contributed by atoms with Gasteiger partial charge in [-0.15, -0.1) is 0 Å². The highest BCUT2D eigenvalue weighted by Gasteiger charge is 2.10. The van der Waals surface area contributed by atoms with Crippen LogP contribution < -0.4 is 0 Å². The maximum absolute atomic E-state index is 13.4. The van der Waals surface area contributed by atoms with E-state index >= 15 is 0 Å². The van der Waals surface area contributed by atoms with Crippen LogP contribution in [0.2, 0.25) is 0 Å². The van der Waals surface area contributed by atoms with Crippen molar-refractivity contribution in [3.05, 3.63) is 35.1 Å². The molecule has 1 aromatic rings. The molecule has 0 bridgehead atoms. The van der Waals surface area contributed by atoms with Gasteiger partial charge in [-0.3, -0.25) is 4.79 Å². The average Bonchev–Trinajstić information content (AvgIpc) is 2.41. The minimum Gasteiger partial charge on any atom is -0.303 e. The first kappa shape index (κ1) is 15.8. The molecule has 19 heavy (non-hydrogen) atoms. The Morgan fingerprint density at radius 1 is 1.26 bits per heavy atom. The number of halogens is 1. The first-order valence-corrected chi connectivity index (χ1v) is 7.10. The third kappa shape index (κ3) is 5.11. The van der Waals surface area contributed by atoms with E-state index in [9.17, 15) is 9.18 Å². The lowest BCUT2D eigenvalue weighted by Gasteiger charge is -2.19. The van der Waals surface area contributed by atoms with Gasteiger partial charge in [-0.05, 0) is 38.1 Å². The Morgan fingerprint density at radius 2 is 2.00 bits per heavy atom. The van der Waals surface area contributed by atoms with E-state index in [0.717, 1.165) is 32.5 Å². The highest BCUT2D eigenvalue weighted by molar-refractivity contribution is 5.96. The van der Waals surface area contributed by atoms with Crippen molar-refractivity contribution in [2.45, 2.75) is 40.0 Å². The van der Waals surface area contributed by atoms with Crippen LogP contribution in [0.4, 0.5) is 4.39 Å². The third-order valence-electron chi connectivity index (χ3n) is 3.42. The fraction of sp³-hybridized carbons (Fsp3) is 0.562. The van der Waals surface area contributed by atoms with E-state index in [1.54, 1.807) is 19.1 Å². The number of carbonyl (C=O) groups excluding carboxylic acids is 1. The molecule has 0 fully saturated rings. The largest absolute Gasteiger partial charge is 0.303 e. The lowest BCUT2D eigenvalue weighted by atomic mass is 10.1. The molecule has 0 aliphatic carbocycles. The van der Waals surface area contributed by atoms with Crippen molar-refractivity contribution < 1.29 is 9.18 Å². The molecule has 1 aromatic carbocycles. The number of hydrogen-bond acceptors (Lipinski definition) is 2. The predicted molar refractivity (Wildman–Crippen MR) is 77.1 cm³/mol. The molecular weight excluding hydrogens is 241 g/mol. The summed E-state index contributed by atoms with van der Waals surface area (Å²) in [7, 11) is 0. The van der Waals surface area contributed by atoms with Crippen molar-refractivity contribution in [1.29, 1.82) is 0 Å². The number of Topliss-reactive ketones (excluding diaryl/α,β-unsaturated/α-hetero) is 1. The average molecular weight is 265 g/mol. The van der Waals surface area contributed by atoms with Gasteiger partial charge in [-0.25, -0.2) is 4.39 Å². The fourth-order valence-corrected chi connectivity index (χ4v) is 1.98. The van der Waals surface area contributed by atoms with Gasteiger partial charge < -0.3 is 4.90 Å². The molecule has 0 spiro atoms. The molecule has 106 valence electrons. The van der Waals surface area contributed by atoms with E-state index in [1.807, 2.05) is 0 Å². The minimum absolute atomic E-state index is 0.0221. The maximum Gasteiger partial charge on any atom is 0.164 e. The van der Waals surface area contributed by atoms with Crippen LogP contribution in [0.25, 0.3) is 0 Å². The second kappa shape index (κ2) is 8.05. The first-order chi connectivity index (χ1) is 9.08. The van der Waals surface area contributed by atoms with E-state index in [1.165, 1.54) is 6.07 Å². The van der Waals surface area contributed by atoms with Gasteiger partial charge in [-0.1, -0.05) is 32.4 Å². The standard InChI is InChI=1S/C16H24FNO/c1-4-6-10-18(5-2)11-9-16(19)14-8-7-13(3)15(17)12-14/h7-8,12H,4-6,9-11H2,1-3H3. The summed E-state index contributed by atoms with van der Waals surface area (Å²) in [6.07, 6.45) is 2.77. The van der Waals surface area contributed by atoms with E-state index in [4.69, 9.17) is 0 Å². The monoisotopic (exact) mass is 265 g/mol. The molecule has 1 rings (SSSR count). The van der Waals surface area contributed by atoms with Crippen LogP contribution in [0, 0.1) is 12.7 Å². The molecular formula is C16H24FNO. The quantitative estimate of drug-likeness (QED) is 0.666. The molecule has 0 saturated carbocycles. The number of nitrogens with zero attached hydrogens (tertiary/aromatic N) is 1. The number of rotatable bonds is 8. The predicted octanol–water partition coefficient (Wildman–Crippen LogP) is 3.83. The maximum atomic E-state index is 13.4. The Morgan fingerprint density at radius 3 is 2.58 bits per heavy atom. The zero-order chi connectivity index (χ0) is 14.3. The number of benzene rings is 1. The zero-order valence-corrected chi connectivity index (χ0v) is 12.2. The molecule has 0 unspecified atom stereocenters. The summed E-state index contributed by atoms with van der Waals surface area (Å²) in [6.45, 7) is 8.70. The molecule has 0 aliphatic rings. The van der Waals surface area contributed by atoms with Crippen molar-refractivity contribution in [3.8, 4) is 0 Å². The number of hydrogen-bond donors (Lipinski definition) is 0. The minimum atomic E-state index is -0.302. The van der Waals surface area contributed by atoms with Crippen LogP contribution in [0.1, 0.15) is 49.0 Å². The molecule has 0 radical (unpaired) electrons. The van der Waals surface area contributed by atoms with Gasteiger partial charge in [0.2, 0.25) is 0 Å². The second-order valence-corrected chi connectivity index (χ2v) is 4.92. The van der Waals surface area contributed by atoms with Crippen molar-refractivity contribution in [1.82, 2.24) is 4.90 Å². The molecule has 0 heterocycles. The number of ketones is 1. The zero-order valence-electron chi connectivity index (χ0n) is 12.2. The van der Waals surface area contributed by atoms with Crippen LogP contribution in [0.5, 0.6) is 0 Å². The van der Waals surface area contributed by atoms with E-state index < -0.39 is 0 Å². The summed E-state index contributed by atoms with van der Waals surface area (Å²) in [5.41, 5.74) is 1.06. The first-order valence-electron chi connectivity index (χ1n) is 7.10. The molecule has 0 atom stereocenters. The van der Waals surface area contributed by atoms with Gasteiger partial charge in [0.15, 0.2) is 5.78 Å². The third-order valence-corrected chi connectivity index (χ3v) is 3.42. The topological polar surface area (TPSA) is 20.3 Å². The number of carbonyl (C=O) groups is 1. The van der Waals surface area contributed by atoms with Crippen molar-refractivity contribution >= 4 is 5.78 Å². The molecule has 0 amide bonds. The van der Waals surface area contributed by atoms with Gasteiger partial charge >= 0.3 is 0 Å². The molecule has 0 aromatic heterocycles. The molecule has 3 heteroatoms. The molecule has 0 saturated heterocycles. The van der Waals surface area contributed by atoms with Gasteiger partial charge in [0.05, 0.1) is 0 Å². The highest BCUT2D eigenvalue weighted by atomic mass is 19.1. The number of aryl methyl sites for hydroxylation is 1. The van der Waals surface area contributed by atoms with Crippen LogP contribution in [0.15, 0.2) is 18.2 Å². The lowest BCUT2D eigenvalue weighted by Crippen LogP contribution is -2.27. The Balaban J connectivity index is 2.52. The van der Waals surface area contributed by atoms with Gasteiger partial charge in [-0.2, -0.15) is 0 Å². The summed E-state index contributed by atoms with van der Waals surface area (Å²) in [5.74, 6) is -0.280. The Bertz CT molecular complexity index is 417. The number of unbranched alkanes of at least 4 members (excludes halogenated alkanes) is 1. The Kier molecular flexibility index (Phi) is 6.71. The molecule has 0 N–H and O–H groups in total. The van der Waals surface area contributed by atoms with Crippen LogP contribution in [-0.4, -0.2) is 30.3 Å². The van der Waals surface area contributed by atoms with Crippen molar-refractivity contribution in [2.24, 2.45) is 0 Å². The summed E-state index contributed by atoms with van der Waals surface area (Å²) in [5, 5.41) is 0. The smallest absolute Gasteiger partial charge is 0.164 e. The molecule has 0 aliphatic heterocycles. The lowest BCUT2D eigenvalue weighted by molar-refractivity contribution is 0.0964. The van der Waals surface area contributed by atoms with Gasteiger partial charge in [0.25, 0.3) is 0 Å². The summed E-state index contributed by atoms with van der Waals surface area (Å²) in [6, 6.07) is 4.72. The van der Waals surface area contributed by atoms with Crippen molar-refractivity contribution in [2.75, 3.05) is 19.6 Å². The summed E-state index contributed by atoms with van der Waals surface area (Å²) >= 11 is 0. The fourth-order valence-electron chi connectivity index (χ4n) is 1.98. The van der Waals surface area contributed by atoms with E-state index in [-0.39, 0.29) is 11.6 Å². The Hall–Kier alpha value is -1.22. The summed E-state index contributed by atoms with van der Waals surface area (Å²) < 4.78 is 13.4. The normalized spacial score (nSPS) is 11.0. The second-order valence-electron chi connectivity index (χ2n) is 4.92. The highest BCUT2D eigenvalue weighted by Crippen LogP contribution is 2.11. The Labute approximate surface area is 115 Å². The summed E-state index contributed by atoms with van der Waals surface area (Å²) in [4.78, 5) is 14.3. The van der Waals surface area contributed by atoms with E-state index in [0.29, 0.717) is 17.5 Å². The van der Waals surface area contributed by atoms with Crippen LogP contribution in [0.3, 0.4) is 0 Å².